The number of nitrogens with zero attached hydrogens (tertiary/aromatic N) is 1. The van der Waals surface area contributed by atoms with Crippen LogP contribution in [0.2, 0.25) is 0 Å². The Morgan fingerprint density at radius 1 is 1.21 bits per heavy atom. The minimum absolute atomic E-state index is 0.158. The summed E-state index contributed by atoms with van der Waals surface area (Å²) in [6.07, 6.45) is 0.969. The van der Waals surface area contributed by atoms with E-state index in [0.717, 1.165) is 6.26 Å². The first-order valence-corrected chi connectivity index (χ1v) is 7.07. The van der Waals surface area contributed by atoms with E-state index in [1.807, 2.05) is 0 Å². The molecule has 0 amide bonds. The van der Waals surface area contributed by atoms with Gasteiger partial charge in [-0.05, 0) is 12.1 Å². The molecule has 0 bridgehead atoms. The third-order valence-electron chi connectivity index (χ3n) is 2.09. The van der Waals surface area contributed by atoms with Gasteiger partial charge < -0.3 is 19.5 Å². The Kier molecular flexibility index (Phi) is 4.99. The molecule has 8 heteroatoms. The molecule has 0 aliphatic heterocycles. The van der Waals surface area contributed by atoms with Crippen molar-refractivity contribution in [3.05, 3.63) is 18.2 Å². The average molecular weight is 288 g/mol. The molecule has 106 valence electrons. The van der Waals surface area contributed by atoms with Gasteiger partial charge in [0.15, 0.2) is 0 Å². The Morgan fingerprint density at radius 3 is 2.37 bits per heavy atom. The molecular formula is C11H16N2O5S. The summed E-state index contributed by atoms with van der Waals surface area (Å²) in [6, 6.07) is 4.86. The molecule has 19 heavy (non-hydrogen) atoms. The van der Waals surface area contributed by atoms with Crippen molar-refractivity contribution in [3.63, 3.8) is 0 Å². The van der Waals surface area contributed by atoms with E-state index in [9.17, 15) is 8.42 Å². The first-order valence-electron chi connectivity index (χ1n) is 5.22. The van der Waals surface area contributed by atoms with Gasteiger partial charge >= 0.3 is 6.02 Å². The summed E-state index contributed by atoms with van der Waals surface area (Å²) in [5, 5.41) is 2.72. The zero-order valence-electron chi connectivity index (χ0n) is 11.1. The van der Waals surface area contributed by atoms with Gasteiger partial charge in [-0.1, -0.05) is 0 Å². The van der Waals surface area contributed by atoms with Gasteiger partial charge in [-0.3, -0.25) is 0 Å². The molecule has 0 unspecified atom stereocenters. The predicted molar refractivity (Wildman–Crippen MR) is 72.5 cm³/mol. The van der Waals surface area contributed by atoms with Gasteiger partial charge in [0, 0.05) is 6.07 Å². The summed E-state index contributed by atoms with van der Waals surface area (Å²) in [7, 11) is 0.761. The van der Waals surface area contributed by atoms with Crippen molar-refractivity contribution in [2.45, 2.75) is 0 Å². The highest BCUT2D eigenvalue weighted by Gasteiger charge is 2.10. The number of methoxy groups -OCH3 is 3. The molecule has 0 saturated carbocycles. The molecule has 1 aromatic carbocycles. The van der Waals surface area contributed by atoms with Gasteiger partial charge in [0.2, 0.25) is 0 Å². The van der Waals surface area contributed by atoms with Crippen molar-refractivity contribution in [3.8, 4) is 11.5 Å². The van der Waals surface area contributed by atoms with Crippen LogP contribution >= 0.6 is 0 Å². The summed E-state index contributed by atoms with van der Waals surface area (Å²) in [5.74, 6) is 1.08. The number of nitrogens with one attached hydrogen (secondary N) is 1. The zero-order chi connectivity index (χ0) is 14.5. The third-order valence-corrected chi connectivity index (χ3v) is 2.59. The first kappa shape index (κ1) is 15.1. The van der Waals surface area contributed by atoms with E-state index in [4.69, 9.17) is 14.2 Å². The van der Waals surface area contributed by atoms with Gasteiger partial charge in [0.1, 0.15) is 11.5 Å². The predicted octanol–water partition coefficient (Wildman–Crippen LogP) is 1.08. The molecule has 7 nitrogen and oxygen atoms in total. The highest BCUT2D eigenvalue weighted by Crippen LogP contribution is 2.28. The molecular weight excluding hydrogens is 272 g/mol. The number of benzene rings is 1. The zero-order valence-corrected chi connectivity index (χ0v) is 11.9. The van der Waals surface area contributed by atoms with Crippen LogP contribution in [-0.2, 0) is 14.8 Å². The minimum Gasteiger partial charge on any atom is -0.497 e. The maximum atomic E-state index is 11.1. The number of hydrogen-bond donors (Lipinski definition) is 1. The Bertz CT molecular complexity index is 568. The van der Waals surface area contributed by atoms with E-state index in [-0.39, 0.29) is 6.02 Å². The summed E-state index contributed by atoms with van der Waals surface area (Å²) in [5.41, 5.74) is 0.478. The molecule has 0 atom stereocenters. The van der Waals surface area contributed by atoms with Gasteiger partial charge in [0.05, 0.1) is 33.3 Å². The normalized spacial score (nSPS) is 11.9. The van der Waals surface area contributed by atoms with Crippen LogP contribution in [-0.4, -0.2) is 42.0 Å². The van der Waals surface area contributed by atoms with E-state index in [1.54, 1.807) is 18.2 Å². The van der Waals surface area contributed by atoms with E-state index in [0.29, 0.717) is 17.2 Å². The number of ether oxygens (including phenoxy) is 3. The second kappa shape index (κ2) is 6.28. The van der Waals surface area contributed by atoms with Crippen LogP contribution in [0.5, 0.6) is 11.5 Å². The number of hydrogen-bond acceptors (Lipinski definition) is 5. The fourth-order valence-electron chi connectivity index (χ4n) is 1.29. The van der Waals surface area contributed by atoms with Gasteiger partial charge in [-0.15, -0.1) is 4.40 Å². The quantitative estimate of drug-likeness (QED) is 0.659. The molecule has 0 aromatic heterocycles. The Morgan fingerprint density at radius 2 is 1.89 bits per heavy atom. The minimum atomic E-state index is -3.56. The topological polar surface area (TPSA) is 86.2 Å². The number of amidine groups is 1. The Hall–Kier alpha value is -1.96. The van der Waals surface area contributed by atoms with Crippen molar-refractivity contribution in [2.24, 2.45) is 4.40 Å². The Balaban J connectivity index is 3.12. The molecule has 1 rings (SSSR count). The molecule has 0 spiro atoms. The maximum Gasteiger partial charge on any atom is 0.304 e. The van der Waals surface area contributed by atoms with Gasteiger partial charge in [-0.2, -0.15) is 0 Å². The fourth-order valence-corrected chi connectivity index (χ4v) is 1.71. The monoisotopic (exact) mass is 288 g/mol. The smallest absolute Gasteiger partial charge is 0.304 e. The molecule has 0 fully saturated rings. The lowest BCUT2D eigenvalue weighted by molar-refractivity contribution is 0.397. The van der Waals surface area contributed by atoms with Crippen molar-refractivity contribution >= 4 is 21.7 Å². The van der Waals surface area contributed by atoms with E-state index in [1.165, 1.54) is 21.3 Å². The summed E-state index contributed by atoms with van der Waals surface area (Å²) in [6.45, 7) is 0. The molecule has 0 heterocycles. The highest BCUT2D eigenvalue weighted by atomic mass is 32.2. The first-order chi connectivity index (χ1) is 8.89. The lowest BCUT2D eigenvalue weighted by Crippen LogP contribution is -2.16. The molecule has 1 N–H and O–H groups in total. The summed E-state index contributed by atoms with van der Waals surface area (Å²) in [4.78, 5) is 0. The van der Waals surface area contributed by atoms with Crippen LogP contribution in [0.3, 0.4) is 0 Å². The molecule has 0 radical (unpaired) electrons. The van der Waals surface area contributed by atoms with Crippen molar-refractivity contribution in [1.29, 1.82) is 0 Å². The fraction of sp³-hybridized carbons (Fsp3) is 0.364. The lowest BCUT2D eigenvalue weighted by atomic mass is 10.2. The van der Waals surface area contributed by atoms with Crippen molar-refractivity contribution < 1.29 is 22.6 Å². The number of rotatable bonds is 4. The lowest BCUT2D eigenvalue weighted by Gasteiger charge is -2.12. The van der Waals surface area contributed by atoms with Crippen LogP contribution in [0.4, 0.5) is 5.69 Å². The van der Waals surface area contributed by atoms with Crippen LogP contribution in [0.25, 0.3) is 0 Å². The van der Waals surface area contributed by atoms with E-state index >= 15 is 0 Å². The third kappa shape index (κ3) is 4.66. The van der Waals surface area contributed by atoms with Crippen LogP contribution in [0.1, 0.15) is 0 Å². The van der Waals surface area contributed by atoms with Crippen molar-refractivity contribution in [1.82, 2.24) is 0 Å². The summed E-state index contributed by atoms with van der Waals surface area (Å²) >= 11 is 0. The number of anilines is 1. The van der Waals surface area contributed by atoms with Gasteiger partial charge in [-0.25, -0.2) is 8.42 Å². The van der Waals surface area contributed by atoms with E-state index < -0.39 is 10.0 Å². The molecule has 1 aromatic rings. The van der Waals surface area contributed by atoms with Crippen LogP contribution in [0.15, 0.2) is 22.6 Å². The number of sulfonamides is 1. The van der Waals surface area contributed by atoms with Crippen LogP contribution < -0.4 is 14.8 Å². The molecule has 0 aliphatic carbocycles. The second-order valence-corrected chi connectivity index (χ2v) is 5.17. The second-order valence-electron chi connectivity index (χ2n) is 3.52. The van der Waals surface area contributed by atoms with Crippen molar-refractivity contribution in [2.75, 3.05) is 32.9 Å². The summed E-state index contributed by atoms with van der Waals surface area (Å²) < 4.78 is 40.7. The van der Waals surface area contributed by atoms with E-state index in [2.05, 4.69) is 9.71 Å². The molecule has 0 saturated heterocycles. The Labute approximate surface area is 112 Å². The highest BCUT2D eigenvalue weighted by molar-refractivity contribution is 7.89. The maximum absolute atomic E-state index is 11.1. The standard InChI is InChI=1S/C11H16N2O5S/c1-16-8-5-6-10(17-2)9(7-8)12-11(18-3)13-19(4,14)15/h5-7H,1-4H3,(H,12,13). The largest absolute Gasteiger partial charge is 0.497 e. The molecule has 0 aliphatic rings. The van der Waals surface area contributed by atoms with Gasteiger partial charge in [0.25, 0.3) is 10.0 Å². The average Bonchev–Trinajstić information content (AvgIpc) is 2.36. The van der Waals surface area contributed by atoms with Crippen LogP contribution in [0, 0.1) is 0 Å². The SMILES string of the molecule is CO/C(=N/S(C)(=O)=O)Nc1cc(OC)ccc1OC.